The van der Waals surface area contributed by atoms with E-state index in [1.165, 1.54) is 11.3 Å². The maximum Gasteiger partial charge on any atom is 0.260 e. The summed E-state index contributed by atoms with van der Waals surface area (Å²) >= 11 is 1.46. The molecule has 0 amide bonds. The maximum absolute atomic E-state index is 13.0. The van der Waals surface area contributed by atoms with Gasteiger partial charge in [-0.15, -0.1) is 17.8 Å². The summed E-state index contributed by atoms with van der Waals surface area (Å²) in [4.78, 5) is 23.4. The molecule has 0 aliphatic carbocycles. The second kappa shape index (κ2) is 11.9. The first-order valence-corrected chi connectivity index (χ1v) is 11.4. The zero-order chi connectivity index (χ0) is 22.9. The van der Waals surface area contributed by atoms with Crippen molar-refractivity contribution in [2.45, 2.75) is 26.0 Å². The fourth-order valence-electron chi connectivity index (χ4n) is 3.63. The average Bonchev–Trinajstić information content (AvgIpc) is 3.18. The number of terminal acetylenes is 1. The predicted octanol–water partition coefficient (Wildman–Crippen LogP) is 2.81. The molecule has 0 bridgehead atoms. The molecule has 170 valence electrons. The molecule has 0 spiro atoms. The van der Waals surface area contributed by atoms with E-state index in [1.807, 2.05) is 41.5 Å². The molecule has 0 radical (unpaired) electrons. The van der Waals surface area contributed by atoms with Crippen LogP contribution >= 0.6 is 11.3 Å². The van der Waals surface area contributed by atoms with Crippen molar-refractivity contribution in [2.24, 2.45) is 0 Å². The number of fused-ring (bicyclic) bond motifs is 1. The molecule has 7 nitrogen and oxygen atoms in total. The van der Waals surface area contributed by atoms with Crippen LogP contribution in [-0.2, 0) is 16.0 Å². The number of H-pyrrole nitrogens is 1. The van der Waals surface area contributed by atoms with E-state index in [0.29, 0.717) is 42.3 Å². The molecule has 0 saturated carbocycles. The Morgan fingerprint density at radius 3 is 2.91 bits per heavy atom. The molecule has 2 aromatic heterocycles. The number of nitrogens with one attached hydrogen (secondary N) is 1. The molecule has 0 saturated heterocycles. The SMILES string of the molecule is C#CCOCC(O)CN(CCCOC)Cc1nc2scc(-c3ccccc3C)c2c(=O)[nH]1. The van der Waals surface area contributed by atoms with E-state index < -0.39 is 6.10 Å². The second-order valence-electron chi connectivity index (χ2n) is 7.61. The van der Waals surface area contributed by atoms with Gasteiger partial charge >= 0.3 is 0 Å². The molecule has 1 unspecified atom stereocenters. The molecular weight excluding hydrogens is 426 g/mol. The highest BCUT2D eigenvalue weighted by Crippen LogP contribution is 2.32. The Morgan fingerprint density at radius 2 is 2.16 bits per heavy atom. The van der Waals surface area contributed by atoms with E-state index in [9.17, 15) is 9.90 Å². The van der Waals surface area contributed by atoms with Crippen LogP contribution in [0.2, 0.25) is 0 Å². The number of hydrogen-bond acceptors (Lipinski definition) is 7. The number of ether oxygens (including phenoxy) is 2. The van der Waals surface area contributed by atoms with Gasteiger partial charge in [-0.3, -0.25) is 9.69 Å². The van der Waals surface area contributed by atoms with Crippen LogP contribution in [0.1, 0.15) is 17.8 Å². The van der Waals surface area contributed by atoms with Gasteiger partial charge in [-0.1, -0.05) is 30.2 Å². The topological polar surface area (TPSA) is 87.7 Å². The highest BCUT2D eigenvalue weighted by molar-refractivity contribution is 7.17. The zero-order valence-corrected chi connectivity index (χ0v) is 19.3. The Morgan fingerprint density at radius 1 is 1.34 bits per heavy atom. The van der Waals surface area contributed by atoms with Crippen LogP contribution in [0, 0.1) is 19.3 Å². The van der Waals surface area contributed by atoms with Crippen LogP contribution in [0.25, 0.3) is 21.3 Å². The number of rotatable bonds is 12. The van der Waals surface area contributed by atoms with Gasteiger partial charge in [0.1, 0.15) is 17.3 Å². The standard InChI is InChI=1S/C24H29N3O4S/c1-4-11-31-15-18(28)13-27(10-7-12-30-3)14-21-25-23(29)22-20(16-32-24(22)26-21)19-9-6-5-8-17(19)2/h1,5-6,8-9,16,18,28H,7,10-15H2,2-3H3,(H,25,26,29). The molecule has 0 fully saturated rings. The predicted molar refractivity (Wildman–Crippen MR) is 128 cm³/mol. The van der Waals surface area contributed by atoms with Crippen LogP contribution in [-0.4, -0.2) is 66.1 Å². The van der Waals surface area contributed by atoms with E-state index in [4.69, 9.17) is 20.9 Å². The smallest absolute Gasteiger partial charge is 0.260 e. The Kier molecular flexibility index (Phi) is 8.97. The molecule has 32 heavy (non-hydrogen) atoms. The third kappa shape index (κ3) is 6.25. The summed E-state index contributed by atoms with van der Waals surface area (Å²) in [6.45, 7) is 4.40. The first-order chi connectivity index (χ1) is 15.5. The number of aliphatic hydroxyl groups is 1. The fourth-order valence-corrected chi connectivity index (χ4v) is 4.58. The zero-order valence-electron chi connectivity index (χ0n) is 18.5. The summed E-state index contributed by atoms with van der Waals surface area (Å²) in [5, 5.41) is 12.9. The highest BCUT2D eigenvalue weighted by Gasteiger charge is 2.17. The number of aliphatic hydroxyl groups excluding tert-OH is 1. The van der Waals surface area contributed by atoms with Gasteiger partial charge in [-0.25, -0.2) is 4.98 Å². The molecule has 8 heteroatoms. The molecule has 1 aromatic carbocycles. The number of aryl methyl sites for hydroxylation is 1. The number of hydrogen-bond donors (Lipinski definition) is 2. The summed E-state index contributed by atoms with van der Waals surface area (Å²) in [6.07, 6.45) is 5.27. The summed E-state index contributed by atoms with van der Waals surface area (Å²) in [5.74, 6) is 2.95. The van der Waals surface area contributed by atoms with E-state index >= 15 is 0 Å². The lowest BCUT2D eigenvalue weighted by atomic mass is 10.0. The minimum absolute atomic E-state index is 0.151. The minimum Gasteiger partial charge on any atom is -0.389 e. The van der Waals surface area contributed by atoms with Gasteiger partial charge < -0.3 is 19.6 Å². The number of thiophene rings is 1. The van der Waals surface area contributed by atoms with Gasteiger partial charge in [0, 0.05) is 37.7 Å². The van der Waals surface area contributed by atoms with Gasteiger partial charge in [0.25, 0.3) is 5.56 Å². The van der Waals surface area contributed by atoms with Crippen LogP contribution in [0.4, 0.5) is 0 Å². The molecule has 1 atom stereocenters. The van der Waals surface area contributed by atoms with Crippen molar-refractivity contribution in [3.63, 3.8) is 0 Å². The normalized spacial score (nSPS) is 12.3. The Hall–Kier alpha value is -2.54. The van der Waals surface area contributed by atoms with Crippen LogP contribution < -0.4 is 5.56 Å². The number of aromatic amines is 1. The Bertz CT molecular complexity index is 1120. The molecule has 0 aliphatic rings. The molecule has 2 heterocycles. The van der Waals surface area contributed by atoms with E-state index in [2.05, 4.69) is 10.9 Å². The third-order valence-corrected chi connectivity index (χ3v) is 5.96. The highest BCUT2D eigenvalue weighted by atomic mass is 32.1. The largest absolute Gasteiger partial charge is 0.389 e. The summed E-state index contributed by atoms with van der Waals surface area (Å²) in [7, 11) is 1.66. The first kappa shape index (κ1) is 24.1. The van der Waals surface area contributed by atoms with E-state index in [-0.39, 0.29) is 18.8 Å². The lowest BCUT2D eigenvalue weighted by Gasteiger charge is -2.24. The van der Waals surface area contributed by atoms with E-state index in [1.54, 1.807) is 7.11 Å². The van der Waals surface area contributed by atoms with Gasteiger partial charge in [-0.05, 0) is 24.5 Å². The molecule has 2 N–H and O–H groups in total. The van der Waals surface area contributed by atoms with Gasteiger partial charge in [-0.2, -0.15) is 0 Å². The second-order valence-corrected chi connectivity index (χ2v) is 8.47. The minimum atomic E-state index is -0.698. The lowest BCUT2D eigenvalue weighted by molar-refractivity contribution is 0.0239. The number of benzene rings is 1. The fraction of sp³-hybridized carbons (Fsp3) is 0.417. The van der Waals surface area contributed by atoms with Crippen molar-refractivity contribution >= 4 is 21.6 Å². The average molecular weight is 456 g/mol. The van der Waals surface area contributed by atoms with Crippen LogP contribution in [0.5, 0.6) is 0 Å². The van der Waals surface area contributed by atoms with Crippen molar-refractivity contribution in [1.29, 1.82) is 0 Å². The summed E-state index contributed by atoms with van der Waals surface area (Å²) < 4.78 is 10.4. The summed E-state index contributed by atoms with van der Waals surface area (Å²) in [5.41, 5.74) is 2.90. The third-order valence-electron chi connectivity index (χ3n) is 5.09. The number of methoxy groups -OCH3 is 1. The lowest BCUT2D eigenvalue weighted by Crippen LogP contribution is -2.36. The maximum atomic E-state index is 13.0. The van der Waals surface area contributed by atoms with Crippen molar-refractivity contribution in [2.75, 3.05) is 40.0 Å². The quantitative estimate of drug-likeness (QED) is 0.323. The first-order valence-electron chi connectivity index (χ1n) is 10.5. The van der Waals surface area contributed by atoms with Gasteiger partial charge in [0.05, 0.1) is 24.6 Å². The van der Waals surface area contributed by atoms with Gasteiger partial charge in [0.2, 0.25) is 0 Å². The van der Waals surface area contributed by atoms with Crippen LogP contribution in [0.3, 0.4) is 0 Å². The Labute approximate surface area is 192 Å². The van der Waals surface area contributed by atoms with Crippen molar-refractivity contribution < 1.29 is 14.6 Å². The summed E-state index contributed by atoms with van der Waals surface area (Å²) in [6, 6.07) is 8.01. The van der Waals surface area contributed by atoms with Gasteiger partial charge in [0.15, 0.2) is 0 Å². The van der Waals surface area contributed by atoms with Crippen molar-refractivity contribution in [1.82, 2.24) is 14.9 Å². The monoisotopic (exact) mass is 455 g/mol. The molecule has 0 aliphatic heterocycles. The van der Waals surface area contributed by atoms with Crippen LogP contribution in [0.15, 0.2) is 34.4 Å². The molecule has 3 aromatic rings. The number of aromatic nitrogens is 2. The van der Waals surface area contributed by atoms with Crippen molar-refractivity contribution in [3.05, 3.63) is 51.4 Å². The van der Waals surface area contributed by atoms with Crippen molar-refractivity contribution in [3.8, 4) is 23.5 Å². The number of nitrogens with zero attached hydrogens (tertiary/aromatic N) is 2. The molecule has 3 rings (SSSR count). The molecular formula is C24H29N3O4S. The Balaban J connectivity index is 1.81. The van der Waals surface area contributed by atoms with E-state index in [0.717, 1.165) is 23.1 Å².